The first-order chi connectivity index (χ1) is 17.9. The number of benzene rings is 3. The number of alkyl halides is 3. The number of aryl methyl sites for hydroxylation is 1. The molecule has 0 spiro atoms. The molecule has 3 aliphatic rings. The first-order valence-corrected chi connectivity index (χ1v) is 12.3. The lowest BCUT2D eigenvalue weighted by atomic mass is 9.81. The summed E-state index contributed by atoms with van der Waals surface area (Å²) in [5, 5.41) is 5.01. The minimum absolute atomic E-state index is 0.242. The highest BCUT2D eigenvalue weighted by atomic mass is 19.4. The van der Waals surface area contributed by atoms with E-state index in [1.165, 1.54) is 29.3 Å². The van der Waals surface area contributed by atoms with Crippen molar-refractivity contribution in [3.8, 4) is 11.1 Å². The number of halogens is 3. The molecule has 0 saturated carbocycles. The maximum absolute atomic E-state index is 13.4. The maximum atomic E-state index is 13.4. The smallest absolute Gasteiger partial charge is 0.368 e. The Kier molecular flexibility index (Phi) is 6.95. The molecule has 3 aromatic carbocycles. The van der Waals surface area contributed by atoms with Gasteiger partial charge in [0.05, 0.1) is 5.56 Å². The molecule has 5 heteroatoms. The lowest BCUT2D eigenvalue weighted by molar-refractivity contribution is -0.137. The Morgan fingerprint density at radius 3 is 2.30 bits per heavy atom. The first kappa shape index (κ1) is 24.6. The number of ketones is 1. The van der Waals surface area contributed by atoms with Crippen LogP contribution in [0.4, 0.5) is 13.2 Å². The fraction of sp³-hybridized carbons (Fsp3) is 0.156. The van der Waals surface area contributed by atoms with Crippen molar-refractivity contribution in [1.29, 1.82) is 0 Å². The number of fused-ring (bicyclic) bond motifs is 5. The minimum Gasteiger partial charge on any atom is -0.368 e. The van der Waals surface area contributed by atoms with E-state index in [-0.39, 0.29) is 5.56 Å². The van der Waals surface area contributed by atoms with Crippen molar-refractivity contribution in [3.05, 3.63) is 130 Å². The molecule has 1 aliphatic heterocycles. The SMILES string of the molecule is C1=CC=CNC=C1.O=C(c1ccccc1C(F)(F)F)C1C=c2c(ccc3c2=CCc2ccccc2-3)CC1. The van der Waals surface area contributed by atoms with Gasteiger partial charge >= 0.3 is 6.18 Å². The third-order valence-corrected chi connectivity index (χ3v) is 6.86. The Bertz CT molecular complexity index is 1530. The molecule has 6 rings (SSSR count). The van der Waals surface area contributed by atoms with E-state index in [9.17, 15) is 18.0 Å². The number of carbonyl (C=O) groups is 1. The summed E-state index contributed by atoms with van der Waals surface area (Å²) in [6.45, 7) is 0. The number of nitrogens with one attached hydrogen (secondary N) is 1. The summed E-state index contributed by atoms with van der Waals surface area (Å²) in [5.74, 6) is -1.01. The zero-order chi connectivity index (χ0) is 25.8. The molecule has 1 N–H and O–H groups in total. The van der Waals surface area contributed by atoms with Crippen molar-refractivity contribution < 1.29 is 18.0 Å². The molecule has 2 aliphatic carbocycles. The van der Waals surface area contributed by atoms with Crippen LogP contribution in [0.15, 0.2) is 97.4 Å². The Morgan fingerprint density at radius 2 is 1.51 bits per heavy atom. The van der Waals surface area contributed by atoms with Gasteiger partial charge < -0.3 is 5.32 Å². The van der Waals surface area contributed by atoms with Gasteiger partial charge in [-0.2, -0.15) is 13.2 Å². The van der Waals surface area contributed by atoms with Crippen LogP contribution in [0.1, 0.15) is 33.5 Å². The Hall–Kier alpha value is -4.12. The second-order valence-electron chi connectivity index (χ2n) is 9.15. The van der Waals surface area contributed by atoms with E-state index in [0.29, 0.717) is 12.8 Å². The van der Waals surface area contributed by atoms with Crippen molar-refractivity contribution in [3.63, 3.8) is 0 Å². The highest BCUT2D eigenvalue weighted by Crippen LogP contribution is 2.34. The van der Waals surface area contributed by atoms with E-state index in [1.54, 1.807) is 0 Å². The van der Waals surface area contributed by atoms with Gasteiger partial charge in [0, 0.05) is 23.9 Å². The van der Waals surface area contributed by atoms with Crippen molar-refractivity contribution >= 4 is 17.9 Å². The number of allylic oxidation sites excluding steroid dienone is 4. The zero-order valence-electron chi connectivity index (χ0n) is 20.1. The summed E-state index contributed by atoms with van der Waals surface area (Å²) >= 11 is 0. The standard InChI is InChI=1S/C26H19F3O.C6H7N/c27-26(28,29)24-8-4-3-7-22(24)25(30)18-10-9-17-12-13-20-19-6-2-1-5-16(19)11-14-21(20)23(17)15-18;1-2-4-6-7-5-3-1/h1-8,12-15,18H,9-11H2;1-7H. The van der Waals surface area contributed by atoms with E-state index >= 15 is 0 Å². The molecule has 37 heavy (non-hydrogen) atoms. The van der Waals surface area contributed by atoms with Gasteiger partial charge in [-0.05, 0) is 70.2 Å². The van der Waals surface area contributed by atoms with Gasteiger partial charge in [-0.1, -0.05) is 78.9 Å². The van der Waals surface area contributed by atoms with Crippen LogP contribution in [0.3, 0.4) is 0 Å². The number of Topliss-reactive ketones (excluding diaryl/α,β-unsaturated/α-hetero) is 1. The number of hydrogen-bond acceptors (Lipinski definition) is 2. The van der Waals surface area contributed by atoms with Gasteiger partial charge in [0.2, 0.25) is 0 Å². The lowest BCUT2D eigenvalue weighted by Gasteiger charge is -2.22. The summed E-state index contributed by atoms with van der Waals surface area (Å²) in [7, 11) is 0. The molecule has 3 aromatic rings. The molecule has 0 saturated heterocycles. The quantitative estimate of drug-likeness (QED) is 0.433. The van der Waals surface area contributed by atoms with Crippen molar-refractivity contribution in [2.24, 2.45) is 5.92 Å². The molecule has 0 bridgehead atoms. The predicted molar refractivity (Wildman–Crippen MR) is 142 cm³/mol. The van der Waals surface area contributed by atoms with Crippen molar-refractivity contribution in [2.45, 2.75) is 25.4 Å². The third-order valence-electron chi connectivity index (χ3n) is 6.86. The molecule has 0 amide bonds. The molecular formula is C32H26F3NO. The Balaban J connectivity index is 0.000000348. The van der Waals surface area contributed by atoms with Gasteiger partial charge in [-0.3, -0.25) is 4.79 Å². The third kappa shape index (κ3) is 5.21. The van der Waals surface area contributed by atoms with E-state index in [0.717, 1.165) is 34.1 Å². The van der Waals surface area contributed by atoms with Gasteiger partial charge in [-0.25, -0.2) is 0 Å². The highest BCUT2D eigenvalue weighted by molar-refractivity contribution is 6.02. The summed E-state index contributed by atoms with van der Waals surface area (Å²) in [6.07, 6.45) is 13.1. The molecule has 0 fully saturated rings. The summed E-state index contributed by atoms with van der Waals surface area (Å²) < 4.78 is 40.2. The maximum Gasteiger partial charge on any atom is 0.417 e. The van der Waals surface area contributed by atoms with Gasteiger partial charge in [-0.15, -0.1) is 0 Å². The monoisotopic (exact) mass is 497 g/mol. The molecular weight excluding hydrogens is 471 g/mol. The summed E-state index contributed by atoms with van der Waals surface area (Å²) in [4.78, 5) is 13.1. The molecule has 1 atom stereocenters. The van der Waals surface area contributed by atoms with Crippen LogP contribution in [0.5, 0.6) is 0 Å². The number of carbonyl (C=O) groups excluding carboxylic acids is 1. The van der Waals surface area contributed by atoms with Crippen molar-refractivity contribution in [2.75, 3.05) is 0 Å². The molecule has 0 radical (unpaired) electrons. The molecule has 1 unspecified atom stereocenters. The van der Waals surface area contributed by atoms with E-state index in [2.05, 4.69) is 35.7 Å². The summed E-state index contributed by atoms with van der Waals surface area (Å²) in [5.41, 5.74) is 3.61. The highest BCUT2D eigenvalue weighted by Gasteiger charge is 2.36. The van der Waals surface area contributed by atoms with Crippen LogP contribution in [-0.2, 0) is 19.0 Å². The van der Waals surface area contributed by atoms with E-state index < -0.39 is 23.4 Å². The molecule has 2 nitrogen and oxygen atoms in total. The van der Waals surface area contributed by atoms with Crippen LogP contribution < -0.4 is 15.8 Å². The Morgan fingerprint density at radius 1 is 0.784 bits per heavy atom. The van der Waals surface area contributed by atoms with Crippen LogP contribution in [-0.4, -0.2) is 5.78 Å². The number of hydrogen-bond donors (Lipinski definition) is 1. The minimum atomic E-state index is -4.55. The van der Waals surface area contributed by atoms with Crippen LogP contribution in [0.2, 0.25) is 0 Å². The van der Waals surface area contributed by atoms with E-state index in [4.69, 9.17) is 0 Å². The summed E-state index contributed by atoms with van der Waals surface area (Å²) in [6, 6.07) is 17.5. The fourth-order valence-corrected chi connectivity index (χ4v) is 5.08. The second-order valence-corrected chi connectivity index (χ2v) is 9.15. The molecule has 1 heterocycles. The van der Waals surface area contributed by atoms with Crippen LogP contribution in [0, 0.1) is 5.92 Å². The normalized spacial score (nSPS) is 16.9. The lowest BCUT2D eigenvalue weighted by Crippen LogP contribution is -2.37. The van der Waals surface area contributed by atoms with Crippen LogP contribution in [0.25, 0.3) is 23.3 Å². The molecule has 186 valence electrons. The largest absolute Gasteiger partial charge is 0.417 e. The van der Waals surface area contributed by atoms with Gasteiger partial charge in [0.25, 0.3) is 0 Å². The zero-order valence-corrected chi connectivity index (χ0v) is 20.1. The van der Waals surface area contributed by atoms with Gasteiger partial charge in [0.15, 0.2) is 5.78 Å². The van der Waals surface area contributed by atoms with Gasteiger partial charge in [0.1, 0.15) is 0 Å². The first-order valence-electron chi connectivity index (χ1n) is 12.3. The second kappa shape index (κ2) is 10.5. The van der Waals surface area contributed by atoms with Crippen LogP contribution >= 0.6 is 0 Å². The number of rotatable bonds is 2. The Labute approximate surface area is 213 Å². The average molecular weight is 498 g/mol. The fourth-order valence-electron chi connectivity index (χ4n) is 5.08. The average Bonchev–Trinajstić information content (AvgIpc) is 3.25. The topological polar surface area (TPSA) is 29.1 Å². The predicted octanol–water partition coefficient (Wildman–Crippen LogP) is 6.11. The molecule has 0 aromatic heterocycles. The van der Waals surface area contributed by atoms with E-state index in [1.807, 2.05) is 54.9 Å². The van der Waals surface area contributed by atoms with Crippen molar-refractivity contribution in [1.82, 2.24) is 5.32 Å².